The number of amides is 1. The number of nitrogens with zero attached hydrogens (tertiary/aromatic N) is 2. The van der Waals surface area contributed by atoms with E-state index in [9.17, 15) is 13.6 Å². The number of benzene rings is 1. The second-order valence-electron chi connectivity index (χ2n) is 6.96. The molecule has 1 saturated heterocycles. The van der Waals surface area contributed by atoms with Gasteiger partial charge in [-0.1, -0.05) is 19.9 Å². The maximum absolute atomic E-state index is 13.8. The summed E-state index contributed by atoms with van der Waals surface area (Å²) in [5.41, 5.74) is -0.230. The number of carbonyl (C=O) groups excluding carboxylic acids is 1. The Morgan fingerprint density at radius 2 is 1.88 bits per heavy atom. The number of aryl methyl sites for hydroxylation is 1. The second-order valence-corrected chi connectivity index (χ2v) is 6.96. The van der Waals surface area contributed by atoms with Crippen LogP contribution < -0.4 is 0 Å². The fourth-order valence-corrected chi connectivity index (χ4v) is 3.51. The molecule has 2 heterocycles. The Hall–Kier alpha value is -2.24. The van der Waals surface area contributed by atoms with E-state index in [1.807, 2.05) is 4.90 Å². The zero-order chi connectivity index (χ0) is 18.0. The molecule has 2 atom stereocenters. The molecule has 6 heteroatoms. The third kappa shape index (κ3) is 4.06. The summed E-state index contributed by atoms with van der Waals surface area (Å²) in [6.45, 7) is 5.86. The highest BCUT2D eigenvalue weighted by molar-refractivity contribution is 5.76. The molecule has 0 saturated carbocycles. The normalized spacial score (nSPS) is 20.7. The molecule has 3 rings (SSSR count). The van der Waals surface area contributed by atoms with Gasteiger partial charge in [-0.3, -0.25) is 4.79 Å². The van der Waals surface area contributed by atoms with Gasteiger partial charge < -0.3 is 9.32 Å². The van der Waals surface area contributed by atoms with Crippen LogP contribution in [0.4, 0.5) is 8.78 Å². The van der Waals surface area contributed by atoms with Crippen LogP contribution in [0.1, 0.15) is 32.6 Å². The minimum Gasteiger partial charge on any atom is -0.441 e. The Balaban J connectivity index is 1.63. The summed E-state index contributed by atoms with van der Waals surface area (Å²) in [6.07, 6.45) is 3.03. The molecule has 1 aliphatic rings. The largest absolute Gasteiger partial charge is 0.441 e. The topological polar surface area (TPSA) is 46.3 Å². The van der Waals surface area contributed by atoms with E-state index in [4.69, 9.17) is 4.42 Å². The number of oxazole rings is 1. The van der Waals surface area contributed by atoms with E-state index in [1.165, 1.54) is 24.4 Å². The van der Waals surface area contributed by atoms with Crippen molar-refractivity contribution in [2.24, 2.45) is 11.8 Å². The van der Waals surface area contributed by atoms with Crippen LogP contribution >= 0.6 is 0 Å². The Kier molecular flexibility index (Phi) is 5.16. The molecular weight excluding hydrogens is 326 g/mol. The molecule has 2 unspecified atom stereocenters. The van der Waals surface area contributed by atoms with Crippen molar-refractivity contribution in [2.75, 3.05) is 13.1 Å². The number of halogens is 2. The molecule has 1 amide bonds. The van der Waals surface area contributed by atoms with Crippen LogP contribution in [0, 0.1) is 23.5 Å². The van der Waals surface area contributed by atoms with Crippen molar-refractivity contribution >= 4 is 5.91 Å². The van der Waals surface area contributed by atoms with E-state index in [1.54, 1.807) is 0 Å². The van der Waals surface area contributed by atoms with Crippen molar-refractivity contribution in [1.29, 1.82) is 0 Å². The second kappa shape index (κ2) is 7.33. The molecule has 134 valence electrons. The number of hydrogen-bond acceptors (Lipinski definition) is 3. The van der Waals surface area contributed by atoms with Crippen LogP contribution in [0.15, 0.2) is 28.8 Å². The Morgan fingerprint density at radius 1 is 1.24 bits per heavy atom. The standard InChI is InChI=1S/C19H22F2N2O2/c1-12-8-13(2)11-23(10-12)18(24)7-6-17-22-9-16(25-17)19-14(20)4-3-5-15(19)21/h3-5,9,12-13H,6-8,10-11H2,1-2H3. The highest BCUT2D eigenvalue weighted by atomic mass is 19.1. The van der Waals surface area contributed by atoms with Gasteiger partial charge in [0.05, 0.1) is 11.8 Å². The molecule has 1 aliphatic heterocycles. The van der Waals surface area contributed by atoms with Gasteiger partial charge in [0.25, 0.3) is 0 Å². The maximum Gasteiger partial charge on any atom is 0.223 e. The number of rotatable bonds is 4. The predicted octanol–water partition coefficient (Wildman–Crippen LogP) is 4.06. The van der Waals surface area contributed by atoms with Gasteiger partial charge in [-0.25, -0.2) is 13.8 Å². The van der Waals surface area contributed by atoms with Gasteiger partial charge >= 0.3 is 0 Å². The van der Waals surface area contributed by atoms with Crippen molar-refractivity contribution in [1.82, 2.24) is 9.88 Å². The fourth-order valence-electron chi connectivity index (χ4n) is 3.51. The summed E-state index contributed by atoms with van der Waals surface area (Å²) in [5.74, 6) is 0.0258. The van der Waals surface area contributed by atoms with Gasteiger partial charge in [0.15, 0.2) is 11.7 Å². The van der Waals surface area contributed by atoms with Gasteiger partial charge in [-0.15, -0.1) is 0 Å². The van der Waals surface area contributed by atoms with Gasteiger partial charge in [0.1, 0.15) is 11.6 Å². The number of carbonyl (C=O) groups is 1. The van der Waals surface area contributed by atoms with Gasteiger partial charge in [0.2, 0.25) is 5.91 Å². The van der Waals surface area contributed by atoms with Crippen molar-refractivity contribution < 1.29 is 18.0 Å². The highest BCUT2D eigenvalue weighted by Crippen LogP contribution is 2.27. The fraction of sp³-hybridized carbons (Fsp3) is 0.474. The average Bonchev–Trinajstić information content (AvgIpc) is 3.00. The number of piperidine rings is 1. The molecular formula is C19H22F2N2O2. The SMILES string of the molecule is CC1CC(C)CN(C(=O)CCc2ncc(-c3c(F)cccc3F)o2)C1. The number of hydrogen-bond donors (Lipinski definition) is 0. The first-order chi connectivity index (χ1) is 11.9. The number of aromatic nitrogens is 1. The third-order valence-corrected chi connectivity index (χ3v) is 4.54. The van der Waals surface area contributed by atoms with Crippen LogP contribution in [0.25, 0.3) is 11.3 Å². The van der Waals surface area contributed by atoms with Crippen molar-refractivity contribution in [3.05, 3.63) is 41.9 Å². The van der Waals surface area contributed by atoms with E-state index in [0.717, 1.165) is 19.5 Å². The molecule has 1 aromatic heterocycles. The zero-order valence-corrected chi connectivity index (χ0v) is 14.5. The van der Waals surface area contributed by atoms with Crippen LogP contribution in [0.5, 0.6) is 0 Å². The van der Waals surface area contributed by atoms with Gasteiger partial charge in [0, 0.05) is 25.9 Å². The molecule has 4 nitrogen and oxygen atoms in total. The average molecular weight is 348 g/mol. The summed E-state index contributed by atoms with van der Waals surface area (Å²) >= 11 is 0. The number of likely N-dealkylation sites (tertiary alicyclic amines) is 1. The molecule has 2 aromatic rings. The highest BCUT2D eigenvalue weighted by Gasteiger charge is 2.25. The summed E-state index contributed by atoms with van der Waals surface area (Å²) in [6, 6.07) is 3.64. The van der Waals surface area contributed by atoms with Crippen LogP contribution in [-0.4, -0.2) is 28.9 Å². The lowest BCUT2D eigenvalue weighted by Crippen LogP contribution is -2.42. The minimum absolute atomic E-state index is 0.0401. The quantitative estimate of drug-likeness (QED) is 0.837. The summed E-state index contributed by atoms with van der Waals surface area (Å²) < 4.78 is 33.0. The molecule has 0 radical (unpaired) electrons. The zero-order valence-electron chi connectivity index (χ0n) is 14.5. The lowest BCUT2D eigenvalue weighted by atomic mass is 9.91. The Morgan fingerprint density at radius 3 is 2.52 bits per heavy atom. The molecule has 0 N–H and O–H groups in total. The molecule has 1 aromatic carbocycles. The van der Waals surface area contributed by atoms with Crippen molar-refractivity contribution in [3.8, 4) is 11.3 Å². The molecule has 0 spiro atoms. The monoisotopic (exact) mass is 348 g/mol. The van der Waals surface area contributed by atoms with Crippen LogP contribution in [-0.2, 0) is 11.2 Å². The smallest absolute Gasteiger partial charge is 0.223 e. The van der Waals surface area contributed by atoms with E-state index < -0.39 is 11.6 Å². The summed E-state index contributed by atoms with van der Waals surface area (Å²) in [7, 11) is 0. The van der Waals surface area contributed by atoms with Gasteiger partial charge in [-0.05, 0) is 30.4 Å². The van der Waals surface area contributed by atoms with E-state index >= 15 is 0 Å². The van der Waals surface area contributed by atoms with Crippen LogP contribution in [0.2, 0.25) is 0 Å². The molecule has 1 fully saturated rings. The first kappa shape index (κ1) is 17.6. The lowest BCUT2D eigenvalue weighted by Gasteiger charge is -2.35. The van der Waals surface area contributed by atoms with Crippen LogP contribution in [0.3, 0.4) is 0 Å². The first-order valence-electron chi connectivity index (χ1n) is 8.61. The molecule has 25 heavy (non-hydrogen) atoms. The maximum atomic E-state index is 13.8. The minimum atomic E-state index is -0.699. The summed E-state index contributed by atoms with van der Waals surface area (Å²) in [5, 5.41) is 0. The Bertz CT molecular complexity index is 729. The van der Waals surface area contributed by atoms with E-state index in [2.05, 4.69) is 18.8 Å². The Labute approximate surface area is 145 Å². The summed E-state index contributed by atoms with van der Waals surface area (Å²) in [4.78, 5) is 18.3. The molecule has 0 bridgehead atoms. The molecule has 0 aliphatic carbocycles. The van der Waals surface area contributed by atoms with E-state index in [0.29, 0.717) is 24.1 Å². The first-order valence-corrected chi connectivity index (χ1v) is 8.61. The van der Waals surface area contributed by atoms with Crippen molar-refractivity contribution in [3.63, 3.8) is 0 Å². The van der Waals surface area contributed by atoms with Crippen molar-refractivity contribution in [2.45, 2.75) is 33.1 Å². The van der Waals surface area contributed by atoms with Gasteiger partial charge in [-0.2, -0.15) is 0 Å². The van der Waals surface area contributed by atoms with E-state index in [-0.39, 0.29) is 23.7 Å². The third-order valence-electron chi connectivity index (χ3n) is 4.54. The lowest BCUT2D eigenvalue weighted by molar-refractivity contribution is -0.133. The predicted molar refractivity (Wildman–Crippen MR) is 89.7 cm³/mol.